The van der Waals surface area contributed by atoms with Gasteiger partial charge in [0.15, 0.2) is 0 Å². The Kier molecular flexibility index (Phi) is 7.57. The lowest BCUT2D eigenvalue weighted by Gasteiger charge is -2.34. The molecule has 9 nitrogen and oxygen atoms in total. The van der Waals surface area contributed by atoms with Crippen molar-refractivity contribution in [1.29, 1.82) is 0 Å². The Morgan fingerprint density at radius 1 is 1.11 bits per heavy atom. The number of halogens is 1. The molecule has 0 radical (unpaired) electrons. The van der Waals surface area contributed by atoms with Crippen molar-refractivity contribution in [3.05, 3.63) is 77.4 Å². The van der Waals surface area contributed by atoms with Crippen molar-refractivity contribution in [2.24, 2.45) is 0 Å². The zero-order valence-corrected chi connectivity index (χ0v) is 20.1. The molecule has 0 bridgehead atoms. The van der Waals surface area contributed by atoms with Crippen LogP contribution in [0.4, 0.5) is 16.0 Å². The predicted molar refractivity (Wildman–Crippen MR) is 137 cm³/mol. The van der Waals surface area contributed by atoms with Gasteiger partial charge in [-0.1, -0.05) is 23.7 Å². The predicted octanol–water partition coefficient (Wildman–Crippen LogP) is 0.359. The van der Waals surface area contributed by atoms with E-state index in [9.17, 15) is 18.8 Å². The molecule has 1 aliphatic rings. The second kappa shape index (κ2) is 11.0. The van der Waals surface area contributed by atoms with Crippen LogP contribution in [-0.4, -0.2) is 74.2 Å². The lowest BCUT2D eigenvalue weighted by Crippen LogP contribution is -2.49. The fourth-order valence-corrected chi connectivity index (χ4v) is 4.32. The number of aromatic nitrogens is 2. The van der Waals surface area contributed by atoms with Crippen LogP contribution >= 0.6 is 0 Å². The fourth-order valence-electron chi connectivity index (χ4n) is 4.32. The van der Waals surface area contributed by atoms with E-state index in [1.807, 2.05) is 15.9 Å². The number of nitrogens with one attached hydrogen (secondary N) is 1. The molecule has 36 heavy (non-hydrogen) atoms. The Labute approximate surface area is 209 Å². The smallest absolute Gasteiger partial charge is 0.259 e. The third-order valence-corrected chi connectivity index (χ3v) is 6.16. The number of hydrogen-bond acceptors (Lipinski definition) is 7. The third-order valence-electron chi connectivity index (χ3n) is 6.16. The van der Waals surface area contributed by atoms with Gasteiger partial charge >= 0.3 is 0 Å². The Morgan fingerprint density at radius 2 is 1.83 bits per heavy atom. The molecule has 1 saturated heterocycles. The van der Waals surface area contributed by atoms with Gasteiger partial charge in [-0.25, -0.2) is 14.4 Å². The summed E-state index contributed by atoms with van der Waals surface area (Å²) >= 11 is 0. The molecule has 0 unspecified atom stereocenters. The van der Waals surface area contributed by atoms with Crippen LogP contribution in [0.3, 0.4) is 0 Å². The number of imide groups is 1. The fraction of sp³-hybridized carbons (Fsp3) is 0.240. The van der Waals surface area contributed by atoms with Gasteiger partial charge in [0.25, 0.3) is 11.8 Å². The Morgan fingerprint density at radius 3 is 2.53 bits per heavy atom. The molecule has 0 saturated carbocycles. The van der Waals surface area contributed by atoms with Crippen molar-refractivity contribution < 1.29 is 18.8 Å². The van der Waals surface area contributed by atoms with Gasteiger partial charge in [0.1, 0.15) is 13.7 Å². The summed E-state index contributed by atoms with van der Waals surface area (Å²) in [5, 5.41) is 2.19. The summed E-state index contributed by atoms with van der Waals surface area (Å²) < 4.78 is 14.7. The Balaban J connectivity index is 1.49. The molecule has 3 amide bonds. The molecule has 11 heteroatoms. The first-order chi connectivity index (χ1) is 17.4. The molecular formula is C25H26BFN6O3. The van der Waals surface area contributed by atoms with Crippen LogP contribution < -0.4 is 20.6 Å². The highest BCUT2D eigenvalue weighted by molar-refractivity contribution is 6.37. The Hall–Kier alpha value is -4.28. The lowest BCUT2D eigenvalue weighted by molar-refractivity contribution is -0.108. The van der Waals surface area contributed by atoms with Crippen LogP contribution in [0.1, 0.15) is 26.3 Å². The first-order valence-corrected chi connectivity index (χ1v) is 11.5. The number of piperazine rings is 1. The largest absolute Gasteiger partial charge is 0.370 e. The molecule has 1 aromatic heterocycles. The van der Waals surface area contributed by atoms with Crippen molar-refractivity contribution in [3.63, 3.8) is 0 Å². The lowest BCUT2D eigenvalue weighted by atomic mass is 9.88. The van der Waals surface area contributed by atoms with E-state index in [1.165, 1.54) is 6.07 Å². The summed E-state index contributed by atoms with van der Waals surface area (Å²) in [7, 11) is 3.58. The van der Waals surface area contributed by atoms with Crippen LogP contribution in [0.5, 0.6) is 0 Å². The summed E-state index contributed by atoms with van der Waals surface area (Å²) in [5.74, 6) is -0.841. The monoisotopic (exact) mass is 488 g/mol. The Bertz CT molecular complexity index is 1270. The van der Waals surface area contributed by atoms with Gasteiger partial charge in [-0.05, 0) is 29.8 Å². The van der Waals surface area contributed by atoms with E-state index in [2.05, 4.69) is 15.3 Å². The molecule has 1 aliphatic heterocycles. The van der Waals surface area contributed by atoms with Crippen molar-refractivity contribution in [2.75, 3.05) is 43.0 Å². The molecule has 2 heterocycles. The molecular weight excluding hydrogens is 462 g/mol. The van der Waals surface area contributed by atoms with Gasteiger partial charge in [-0.2, -0.15) is 0 Å². The normalized spacial score (nSPS) is 13.3. The van der Waals surface area contributed by atoms with Crippen LogP contribution in [0.15, 0.2) is 54.9 Å². The number of nitrogens with zero attached hydrogens (tertiary/aromatic N) is 5. The maximum absolute atomic E-state index is 14.7. The highest BCUT2D eigenvalue weighted by Crippen LogP contribution is 2.22. The highest BCUT2D eigenvalue weighted by atomic mass is 19.1. The second-order valence-corrected chi connectivity index (χ2v) is 8.56. The maximum Gasteiger partial charge on any atom is 0.259 e. The van der Waals surface area contributed by atoms with Crippen molar-refractivity contribution in [1.82, 2.24) is 20.2 Å². The minimum absolute atomic E-state index is 0.00785. The number of anilines is 2. The van der Waals surface area contributed by atoms with E-state index in [0.29, 0.717) is 67.4 Å². The van der Waals surface area contributed by atoms with Crippen LogP contribution in [0.2, 0.25) is 0 Å². The molecule has 184 valence electrons. The molecule has 0 aliphatic carbocycles. The quantitative estimate of drug-likeness (QED) is 0.379. The number of hydrogen-bond donors (Lipinski definition) is 1. The van der Waals surface area contributed by atoms with E-state index in [-0.39, 0.29) is 11.5 Å². The highest BCUT2D eigenvalue weighted by Gasteiger charge is 2.25. The SMILES string of the molecule is Bc1cccc(N(C)Cc2ccc(F)c(C(=O)N3CCN(c4ncccn4)CC3)c2)c1C(=O)NC=O. The molecule has 1 N–H and O–H groups in total. The summed E-state index contributed by atoms with van der Waals surface area (Å²) in [5.41, 5.74) is 2.43. The third kappa shape index (κ3) is 5.35. The molecule has 4 rings (SSSR count). The first-order valence-electron chi connectivity index (χ1n) is 11.5. The average Bonchev–Trinajstić information content (AvgIpc) is 2.90. The number of rotatable bonds is 7. The number of carbonyl (C=O) groups is 3. The summed E-state index contributed by atoms with van der Waals surface area (Å²) in [6.07, 6.45) is 3.70. The van der Waals surface area contributed by atoms with Gasteiger partial charge in [-0.15, -0.1) is 0 Å². The zero-order chi connectivity index (χ0) is 25.7. The molecule has 0 atom stereocenters. The summed E-state index contributed by atoms with van der Waals surface area (Å²) in [6.45, 7) is 2.29. The van der Waals surface area contributed by atoms with Crippen molar-refractivity contribution in [2.45, 2.75) is 6.54 Å². The molecule has 3 aromatic rings. The minimum Gasteiger partial charge on any atom is -0.370 e. The van der Waals surface area contributed by atoms with Gasteiger partial charge in [0.2, 0.25) is 12.4 Å². The van der Waals surface area contributed by atoms with E-state index in [4.69, 9.17) is 0 Å². The van der Waals surface area contributed by atoms with Crippen molar-refractivity contribution in [3.8, 4) is 0 Å². The zero-order valence-electron chi connectivity index (χ0n) is 20.1. The van der Waals surface area contributed by atoms with E-state index in [1.54, 1.807) is 62.5 Å². The first kappa shape index (κ1) is 24.8. The van der Waals surface area contributed by atoms with Crippen LogP contribution in [0.25, 0.3) is 0 Å². The van der Waals surface area contributed by atoms with Crippen LogP contribution in [0, 0.1) is 5.82 Å². The standard InChI is InChI=1S/C25H26BFN6O3/c1-31(21-5-2-4-19(26)22(21)23(35)30-16-34)15-17-6-7-20(27)18(14-17)24(36)32-10-12-33(13-11-32)25-28-8-3-9-29-25/h2-9,14,16H,10-13,15,26H2,1H3,(H,30,34,35). The van der Waals surface area contributed by atoms with Gasteiger partial charge in [0, 0.05) is 57.9 Å². The number of benzene rings is 2. The van der Waals surface area contributed by atoms with Crippen LogP contribution in [-0.2, 0) is 11.3 Å². The van der Waals surface area contributed by atoms with Crippen molar-refractivity contribution >= 4 is 43.2 Å². The topological polar surface area (TPSA) is 98.7 Å². The summed E-state index contributed by atoms with van der Waals surface area (Å²) in [4.78, 5) is 50.4. The number of carbonyl (C=O) groups excluding carboxylic acids is 3. The summed E-state index contributed by atoms with van der Waals surface area (Å²) in [6, 6.07) is 11.6. The molecule has 0 spiro atoms. The second-order valence-electron chi connectivity index (χ2n) is 8.56. The van der Waals surface area contributed by atoms with Gasteiger partial charge in [-0.3, -0.25) is 19.7 Å². The van der Waals surface area contributed by atoms with Gasteiger partial charge in [0.05, 0.1) is 11.1 Å². The van der Waals surface area contributed by atoms with Gasteiger partial charge < -0.3 is 14.7 Å². The maximum atomic E-state index is 14.7. The molecule has 1 fully saturated rings. The van der Waals surface area contributed by atoms with E-state index < -0.39 is 11.7 Å². The minimum atomic E-state index is -0.582. The van der Waals surface area contributed by atoms with E-state index >= 15 is 0 Å². The molecule has 2 aromatic carbocycles. The number of amides is 3. The van der Waals surface area contributed by atoms with E-state index in [0.717, 1.165) is 0 Å². The average molecular weight is 488 g/mol.